The van der Waals surface area contributed by atoms with Crippen LogP contribution in [-0.2, 0) is 15.3 Å². The average molecular weight is 518 g/mol. The Morgan fingerprint density at radius 1 is 0.946 bits per heavy atom. The minimum atomic E-state index is -1.16. The molecule has 8 nitrogen and oxygen atoms in total. The van der Waals surface area contributed by atoms with Crippen molar-refractivity contribution < 1.29 is 24.3 Å². The number of rotatable bonds is 10. The quantitative estimate of drug-likeness (QED) is 0.187. The molecule has 0 fully saturated rings. The van der Waals surface area contributed by atoms with E-state index in [2.05, 4.69) is 22.5 Å². The van der Waals surface area contributed by atoms with E-state index in [1.807, 2.05) is 54.6 Å². The van der Waals surface area contributed by atoms with Gasteiger partial charge in [-0.3, -0.25) is 19.6 Å². The Kier molecular flexibility index (Phi) is 10.6. The number of amides is 3. The molecule has 0 spiro atoms. The summed E-state index contributed by atoms with van der Waals surface area (Å²) < 4.78 is 5.19. The monoisotopic (exact) mass is 517 g/mol. The number of carbonyl (C=O) groups is 3. The van der Waals surface area contributed by atoms with Crippen LogP contribution in [0.4, 0.5) is 0 Å². The number of carbonyl (C=O) groups excluding carboxylic acids is 3. The maximum absolute atomic E-state index is 12.7. The molecule has 3 amide bonds. The zero-order chi connectivity index (χ0) is 26.5. The molecule has 9 heteroatoms. The highest BCUT2D eigenvalue weighted by Gasteiger charge is 2.22. The zero-order valence-electron chi connectivity index (χ0n) is 20.2. The summed E-state index contributed by atoms with van der Waals surface area (Å²) >= 11 is 1.40. The van der Waals surface area contributed by atoms with E-state index < -0.39 is 17.9 Å². The first-order chi connectivity index (χ1) is 18.0. The normalized spacial score (nSPS) is 10.9. The largest absolute Gasteiger partial charge is 0.497 e. The molecule has 0 saturated heterocycles. The molecule has 3 rings (SSSR count). The van der Waals surface area contributed by atoms with Gasteiger partial charge >= 0.3 is 0 Å². The van der Waals surface area contributed by atoms with Crippen molar-refractivity contribution >= 4 is 29.5 Å². The summed E-state index contributed by atoms with van der Waals surface area (Å²) in [4.78, 5) is 37.0. The lowest BCUT2D eigenvalue weighted by molar-refractivity contribution is -0.131. The van der Waals surface area contributed by atoms with Crippen LogP contribution in [0.3, 0.4) is 0 Å². The van der Waals surface area contributed by atoms with Crippen LogP contribution in [0, 0.1) is 11.8 Å². The molecule has 0 aromatic heterocycles. The zero-order valence-corrected chi connectivity index (χ0v) is 21.0. The summed E-state index contributed by atoms with van der Waals surface area (Å²) in [6.45, 7) is -0.183. The van der Waals surface area contributed by atoms with Crippen LogP contribution in [0.25, 0.3) is 0 Å². The van der Waals surface area contributed by atoms with Crippen molar-refractivity contribution in [3.63, 3.8) is 0 Å². The molecular weight excluding hydrogens is 490 g/mol. The van der Waals surface area contributed by atoms with Crippen molar-refractivity contribution in [2.24, 2.45) is 0 Å². The second-order valence-corrected chi connectivity index (χ2v) is 8.83. The Morgan fingerprint density at radius 3 is 2.32 bits per heavy atom. The molecule has 0 aliphatic rings. The van der Waals surface area contributed by atoms with Gasteiger partial charge in [-0.1, -0.05) is 42.2 Å². The summed E-state index contributed by atoms with van der Waals surface area (Å²) in [6.07, 6.45) is 0. The third-order valence-corrected chi connectivity index (χ3v) is 6.15. The molecule has 0 saturated carbocycles. The second-order valence-electron chi connectivity index (χ2n) is 7.84. The summed E-state index contributed by atoms with van der Waals surface area (Å²) in [5.74, 6) is 5.89. The van der Waals surface area contributed by atoms with Crippen LogP contribution in [0.5, 0.6) is 5.75 Å². The van der Waals surface area contributed by atoms with Gasteiger partial charge in [0.15, 0.2) is 0 Å². The molecule has 0 unspecified atom stereocenters. The van der Waals surface area contributed by atoms with E-state index in [-0.39, 0.29) is 18.2 Å². The molecule has 0 aliphatic carbocycles. The molecule has 0 aliphatic heterocycles. The molecule has 0 radical (unpaired) electrons. The summed E-state index contributed by atoms with van der Waals surface area (Å²) in [6, 6.07) is 22.5. The first kappa shape index (κ1) is 27.3. The van der Waals surface area contributed by atoms with Crippen molar-refractivity contribution in [2.45, 2.75) is 11.8 Å². The third kappa shape index (κ3) is 9.04. The first-order valence-corrected chi connectivity index (χ1v) is 12.5. The third-order valence-electron chi connectivity index (χ3n) is 5.14. The summed E-state index contributed by atoms with van der Waals surface area (Å²) in [5.41, 5.74) is 4.45. The highest BCUT2D eigenvalue weighted by Crippen LogP contribution is 2.17. The highest BCUT2D eigenvalue weighted by molar-refractivity contribution is 7.99. The minimum absolute atomic E-state index is 0.157. The molecule has 0 bridgehead atoms. The number of ether oxygens (including phenoxy) is 1. The van der Waals surface area contributed by atoms with E-state index in [1.54, 1.807) is 31.4 Å². The molecule has 0 heterocycles. The van der Waals surface area contributed by atoms with E-state index in [0.717, 1.165) is 22.4 Å². The lowest BCUT2D eigenvalue weighted by atomic mass is 10.1. The Morgan fingerprint density at radius 2 is 1.65 bits per heavy atom. The smallest absolute Gasteiger partial charge is 0.267 e. The van der Waals surface area contributed by atoms with Gasteiger partial charge < -0.3 is 15.4 Å². The summed E-state index contributed by atoms with van der Waals surface area (Å²) in [5, 5.41) is 14.2. The standard InChI is InChI=1S/C28H27N3O5S/c1-36-24-9-5-8-22(16-24)18-37-19-26(32)29-17-25(28(34)31-35)30-27(33)23-14-12-21(13-15-23)11-10-20-6-3-2-4-7-20/h2-9,12-16,25,35H,17-19H2,1H3,(H,29,32)(H,30,33)(H,31,34)/t25-/m0/s1. The maximum Gasteiger partial charge on any atom is 0.267 e. The van der Waals surface area contributed by atoms with Crippen LogP contribution in [0.1, 0.15) is 27.0 Å². The van der Waals surface area contributed by atoms with E-state index in [4.69, 9.17) is 9.94 Å². The van der Waals surface area contributed by atoms with Gasteiger partial charge in [0.1, 0.15) is 11.8 Å². The number of hydrogen-bond acceptors (Lipinski definition) is 6. The van der Waals surface area contributed by atoms with Crippen molar-refractivity contribution in [3.05, 3.63) is 101 Å². The van der Waals surface area contributed by atoms with E-state index in [9.17, 15) is 14.4 Å². The fourth-order valence-electron chi connectivity index (χ4n) is 3.19. The molecular formula is C28H27N3O5S. The SMILES string of the molecule is COc1cccc(CSCC(=O)NC[C@H](NC(=O)c2ccc(C#Cc3ccccc3)cc2)C(=O)NO)c1. The lowest BCUT2D eigenvalue weighted by Gasteiger charge is -2.17. The molecule has 190 valence electrons. The Labute approximate surface area is 219 Å². The van der Waals surface area contributed by atoms with Gasteiger partial charge in [-0.2, -0.15) is 0 Å². The average Bonchev–Trinajstić information content (AvgIpc) is 2.94. The number of thioether (sulfide) groups is 1. The summed E-state index contributed by atoms with van der Waals surface area (Å²) in [7, 11) is 1.59. The van der Waals surface area contributed by atoms with Crippen LogP contribution in [0.15, 0.2) is 78.9 Å². The molecule has 3 aromatic rings. The van der Waals surface area contributed by atoms with Crippen LogP contribution >= 0.6 is 11.8 Å². The molecule has 4 N–H and O–H groups in total. The van der Waals surface area contributed by atoms with Gasteiger partial charge in [0.25, 0.3) is 11.8 Å². The Balaban J connectivity index is 1.50. The van der Waals surface area contributed by atoms with E-state index in [0.29, 0.717) is 11.3 Å². The van der Waals surface area contributed by atoms with Crippen LogP contribution in [-0.4, -0.2) is 48.4 Å². The van der Waals surface area contributed by atoms with Gasteiger partial charge in [-0.05, 0) is 54.1 Å². The van der Waals surface area contributed by atoms with Crippen molar-refractivity contribution in [1.29, 1.82) is 0 Å². The van der Waals surface area contributed by atoms with Crippen molar-refractivity contribution in [3.8, 4) is 17.6 Å². The maximum atomic E-state index is 12.7. The number of hydrogen-bond donors (Lipinski definition) is 4. The minimum Gasteiger partial charge on any atom is -0.497 e. The van der Waals surface area contributed by atoms with E-state index >= 15 is 0 Å². The van der Waals surface area contributed by atoms with E-state index in [1.165, 1.54) is 17.2 Å². The fraction of sp³-hybridized carbons (Fsp3) is 0.179. The van der Waals surface area contributed by atoms with Gasteiger partial charge in [0, 0.05) is 29.0 Å². The van der Waals surface area contributed by atoms with Gasteiger partial charge in [0.05, 0.1) is 12.9 Å². The van der Waals surface area contributed by atoms with Gasteiger partial charge in [0.2, 0.25) is 5.91 Å². The Hall–Kier alpha value is -4.26. The second kappa shape index (κ2) is 14.3. The highest BCUT2D eigenvalue weighted by atomic mass is 32.2. The van der Waals surface area contributed by atoms with Gasteiger partial charge in [-0.25, -0.2) is 5.48 Å². The number of hydroxylamine groups is 1. The van der Waals surface area contributed by atoms with Crippen LogP contribution < -0.4 is 20.9 Å². The molecule has 3 aromatic carbocycles. The predicted molar refractivity (Wildman–Crippen MR) is 142 cm³/mol. The predicted octanol–water partition coefficient (Wildman–Crippen LogP) is 2.75. The number of nitrogens with one attached hydrogen (secondary N) is 3. The van der Waals surface area contributed by atoms with Gasteiger partial charge in [-0.15, -0.1) is 11.8 Å². The molecule has 1 atom stereocenters. The number of methoxy groups -OCH3 is 1. The van der Waals surface area contributed by atoms with Crippen molar-refractivity contribution in [1.82, 2.24) is 16.1 Å². The Bertz CT molecular complexity index is 1270. The van der Waals surface area contributed by atoms with Crippen LogP contribution in [0.2, 0.25) is 0 Å². The lowest BCUT2D eigenvalue weighted by Crippen LogP contribution is -2.52. The first-order valence-electron chi connectivity index (χ1n) is 11.4. The van der Waals surface area contributed by atoms with Crippen molar-refractivity contribution in [2.75, 3.05) is 19.4 Å². The molecule has 37 heavy (non-hydrogen) atoms. The fourth-order valence-corrected chi connectivity index (χ4v) is 4.00. The topological polar surface area (TPSA) is 117 Å². The number of benzene rings is 3.